The molecule has 2 aliphatic heterocycles. The Balaban J connectivity index is 1.44. The zero-order chi connectivity index (χ0) is 21.6. The van der Waals surface area contributed by atoms with E-state index in [9.17, 15) is 13.2 Å². The van der Waals surface area contributed by atoms with Crippen molar-refractivity contribution in [2.24, 2.45) is 0 Å². The van der Waals surface area contributed by atoms with Crippen LogP contribution in [0.2, 0.25) is 0 Å². The van der Waals surface area contributed by atoms with Gasteiger partial charge >= 0.3 is 6.18 Å². The van der Waals surface area contributed by atoms with Gasteiger partial charge < -0.3 is 15.4 Å². The highest BCUT2D eigenvalue weighted by atomic mass is 32.2. The molecule has 31 heavy (non-hydrogen) atoms. The largest absolute Gasteiger partial charge is 0.416 e. The first kappa shape index (κ1) is 19.7. The predicted octanol–water partition coefficient (Wildman–Crippen LogP) is 5.29. The summed E-state index contributed by atoms with van der Waals surface area (Å²) in [6.45, 7) is 1.75. The molecule has 12 heteroatoms. The second kappa shape index (κ2) is 7.46. The summed E-state index contributed by atoms with van der Waals surface area (Å²) in [6, 6.07) is 4.78. The van der Waals surface area contributed by atoms with Crippen LogP contribution in [-0.2, 0) is 6.18 Å². The minimum absolute atomic E-state index is 0.433. The number of anilines is 3. The predicted molar refractivity (Wildman–Crippen MR) is 116 cm³/mol. The molecular formula is C19H14F3N7S2. The highest BCUT2D eigenvalue weighted by Crippen LogP contribution is 2.35. The average molecular weight is 461 g/mol. The normalized spacial score (nSPS) is 15.4. The van der Waals surface area contributed by atoms with Gasteiger partial charge in [-0.3, -0.25) is 4.31 Å². The van der Waals surface area contributed by atoms with Gasteiger partial charge in [0.1, 0.15) is 11.3 Å². The topological polar surface area (TPSA) is 78.0 Å². The highest BCUT2D eigenvalue weighted by Gasteiger charge is 2.30. The first-order chi connectivity index (χ1) is 14.9. The summed E-state index contributed by atoms with van der Waals surface area (Å²) < 4.78 is 43.5. The number of hydrogen-bond donors (Lipinski definition) is 3. The number of nitrogens with one attached hydrogen (secondary N) is 3. The van der Waals surface area contributed by atoms with Gasteiger partial charge in [-0.1, -0.05) is 11.3 Å². The third-order valence-electron chi connectivity index (χ3n) is 4.43. The van der Waals surface area contributed by atoms with E-state index in [0.29, 0.717) is 32.8 Å². The Bertz CT molecular complexity index is 1250. The van der Waals surface area contributed by atoms with Crippen molar-refractivity contribution >= 4 is 50.5 Å². The summed E-state index contributed by atoms with van der Waals surface area (Å²) in [5, 5.41) is 7.00. The Labute approximate surface area is 183 Å². The number of aromatic nitrogens is 3. The Morgan fingerprint density at radius 2 is 1.87 bits per heavy atom. The summed E-state index contributed by atoms with van der Waals surface area (Å²) in [5.74, 6) is 0.963. The summed E-state index contributed by atoms with van der Waals surface area (Å²) >= 11 is 2.83. The molecule has 4 heterocycles. The van der Waals surface area contributed by atoms with Crippen molar-refractivity contribution in [2.45, 2.75) is 13.1 Å². The molecule has 0 radical (unpaired) electrons. The SMILES string of the molecule is Cc1nc(Nc2ccc(C(F)(F)F)cc2)c2nc(NC3=CC=CN4SNC=C34)sc2n1. The molecule has 0 unspecified atom stereocenters. The number of nitrogens with zero attached hydrogens (tertiary/aromatic N) is 4. The number of rotatable bonds is 4. The molecule has 0 bridgehead atoms. The van der Waals surface area contributed by atoms with Crippen molar-refractivity contribution in [3.05, 3.63) is 71.6 Å². The lowest BCUT2D eigenvalue weighted by atomic mass is 10.2. The van der Waals surface area contributed by atoms with Crippen molar-refractivity contribution in [1.82, 2.24) is 24.0 Å². The Kier molecular flexibility index (Phi) is 4.74. The fourth-order valence-corrected chi connectivity index (χ4v) is 4.59. The number of aryl methyl sites for hydroxylation is 1. The molecule has 7 nitrogen and oxygen atoms in total. The van der Waals surface area contributed by atoms with Gasteiger partial charge in [0, 0.05) is 18.1 Å². The van der Waals surface area contributed by atoms with Gasteiger partial charge in [0.25, 0.3) is 0 Å². The molecule has 0 amide bonds. The maximum absolute atomic E-state index is 12.8. The van der Waals surface area contributed by atoms with E-state index in [1.54, 1.807) is 6.92 Å². The fourth-order valence-electron chi connectivity index (χ4n) is 3.03. The third-order valence-corrected chi connectivity index (χ3v) is 6.03. The molecule has 0 atom stereocenters. The van der Waals surface area contributed by atoms with Gasteiger partial charge in [0.15, 0.2) is 15.8 Å². The van der Waals surface area contributed by atoms with E-state index >= 15 is 0 Å². The Morgan fingerprint density at radius 3 is 2.65 bits per heavy atom. The van der Waals surface area contributed by atoms with Gasteiger partial charge in [-0.2, -0.15) is 13.2 Å². The maximum Gasteiger partial charge on any atom is 0.416 e. The quantitative estimate of drug-likeness (QED) is 0.453. The molecule has 0 saturated heterocycles. The number of thiazole rings is 1. The maximum atomic E-state index is 12.8. The van der Waals surface area contributed by atoms with E-state index < -0.39 is 11.7 Å². The van der Waals surface area contributed by atoms with Crippen LogP contribution in [0.3, 0.4) is 0 Å². The van der Waals surface area contributed by atoms with Crippen molar-refractivity contribution < 1.29 is 13.2 Å². The van der Waals surface area contributed by atoms with Crippen molar-refractivity contribution in [1.29, 1.82) is 0 Å². The Morgan fingerprint density at radius 1 is 1.06 bits per heavy atom. The van der Waals surface area contributed by atoms with Crippen LogP contribution in [0, 0.1) is 6.92 Å². The monoisotopic (exact) mass is 461 g/mol. The zero-order valence-electron chi connectivity index (χ0n) is 15.9. The van der Waals surface area contributed by atoms with E-state index in [0.717, 1.165) is 23.5 Å². The average Bonchev–Trinajstić information content (AvgIpc) is 3.35. The fraction of sp³-hybridized carbons (Fsp3) is 0.105. The standard InChI is InChI=1S/C19H14F3N7S2/c1-10-24-16(26-12-6-4-11(5-7-12)19(20,21)22)15-17(25-10)30-18(28-15)27-13-3-2-8-29-14(13)9-23-31-29/h2-9,23H,1H3,(H,27,28)(H,24,25,26). The Hall–Kier alpha value is -3.25. The third kappa shape index (κ3) is 3.91. The molecule has 0 aliphatic carbocycles. The van der Waals surface area contributed by atoms with E-state index in [1.807, 2.05) is 28.9 Å². The van der Waals surface area contributed by atoms with Crippen LogP contribution >= 0.6 is 23.5 Å². The first-order valence-corrected chi connectivity index (χ1v) is 10.6. The molecule has 158 valence electrons. The molecule has 0 saturated carbocycles. The molecule has 3 N–H and O–H groups in total. The van der Waals surface area contributed by atoms with E-state index in [4.69, 9.17) is 0 Å². The molecule has 0 fully saturated rings. The molecule has 3 aromatic rings. The van der Waals surface area contributed by atoms with Crippen LogP contribution in [0.25, 0.3) is 10.3 Å². The van der Waals surface area contributed by atoms with Gasteiger partial charge in [-0.15, -0.1) is 0 Å². The van der Waals surface area contributed by atoms with Gasteiger partial charge in [0.05, 0.1) is 29.1 Å². The van der Waals surface area contributed by atoms with Gasteiger partial charge in [0.2, 0.25) is 0 Å². The molecule has 2 aliphatic rings. The second-order valence-electron chi connectivity index (χ2n) is 6.60. The van der Waals surface area contributed by atoms with E-state index in [-0.39, 0.29) is 0 Å². The van der Waals surface area contributed by atoms with Gasteiger partial charge in [-0.25, -0.2) is 15.0 Å². The number of benzene rings is 1. The molecular weight excluding hydrogens is 447 g/mol. The van der Waals surface area contributed by atoms with Crippen LogP contribution in [0.5, 0.6) is 0 Å². The first-order valence-electron chi connectivity index (χ1n) is 9.04. The number of halogens is 3. The van der Waals surface area contributed by atoms with E-state index in [2.05, 4.69) is 30.3 Å². The van der Waals surface area contributed by atoms with Crippen LogP contribution in [0.4, 0.5) is 29.8 Å². The van der Waals surface area contributed by atoms with Crippen molar-refractivity contribution in [2.75, 3.05) is 10.6 Å². The zero-order valence-corrected chi connectivity index (χ0v) is 17.5. The summed E-state index contributed by atoms with van der Waals surface area (Å²) in [5.41, 5.74) is 2.15. The molecule has 0 spiro atoms. The molecule has 1 aromatic carbocycles. The van der Waals surface area contributed by atoms with Crippen molar-refractivity contribution in [3.8, 4) is 0 Å². The minimum atomic E-state index is -4.38. The summed E-state index contributed by atoms with van der Waals surface area (Å²) in [6.07, 6.45) is 3.33. The number of hydrogen-bond acceptors (Lipinski definition) is 9. The summed E-state index contributed by atoms with van der Waals surface area (Å²) in [7, 11) is 0. The smallest absolute Gasteiger partial charge is 0.338 e. The number of alkyl halides is 3. The van der Waals surface area contributed by atoms with Crippen LogP contribution < -0.4 is 15.4 Å². The lowest BCUT2D eigenvalue weighted by Crippen LogP contribution is -2.14. The highest BCUT2D eigenvalue weighted by molar-refractivity contribution is 7.95. The number of allylic oxidation sites excluding steroid dienone is 2. The van der Waals surface area contributed by atoms with Crippen LogP contribution in [0.1, 0.15) is 11.4 Å². The molecule has 2 aromatic heterocycles. The van der Waals surface area contributed by atoms with Crippen molar-refractivity contribution in [3.63, 3.8) is 0 Å². The second-order valence-corrected chi connectivity index (χ2v) is 8.39. The van der Waals surface area contributed by atoms with E-state index in [1.165, 1.54) is 35.6 Å². The number of fused-ring (bicyclic) bond motifs is 2. The molecule has 5 rings (SSSR count). The van der Waals surface area contributed by atoms with Gasteiger partial charge in [-0.05, 0) is 43.3 Å². The van der Waals surface area contributed by atoms with Crippen LogP contribution in [-0.4, -0.2) is 19.3 Å². The summed E-state index contributed by atoms with van der Waals surface area (Å²) in [4.78, 5) is 14.1. The van der Waals surface area contributed by atoms with Crippen LogP contribution in [0.15, 0.2) is 60.2 Å². The minimum Gasteiger partial charge on any atom is -0.338 e. The lowest BCUT2D eigenvalue weighted by Gasteiger charge is -2.20. The lowest BCUT2D eigenvalue weighted by molar-refractivity contribution is -0.137.